The van der Waals surface area contributed by atoms with Crippen molar-refractivity contribution in [2.24, 2.45) is 0 Å². The van der Waals surface area contributed by atoms with Crippen LogP contribution in [0.3, 0.4) is 0 Å². The van der Waals surface area contributed by atoms with E-state index >= 15 is 0 Å². The Morgan fingerprint density at radius 3 is 1.87 bits per heavy atom. The summed E-state index contributed by atoms with van der Waals surface area (Å²) in [7, 11) is 0. The van der Waals surface area contributed by atoms with E-state index in [0.29, 0.717) is 0 Å². The fourth-order valence-electron chi connectivity index (χ4n) is 0.707. The number of hydrogen-bond donors (Lipinski definition) is 0. The highest BCUT2D eigenvalue weighted by molar-refractivity contribution is 5.93. The van der Waals surface area contributed by atoms with Gasteiger partial charge in [-0.05, 0) is 13.8 Å². The minimum Gasteiger partial charge on any atom is -0.432 e. The van der Waals surface area contributed by atoms with Crippen LogP contribution in [-0.4, -0.2) is 11.9 Å². The molecule has 0 aromatic rings. The number of carbonyl (C=O) groups excluding carboxylic acids is 2. The Morgan fingerprint density at radius 2 is 1.47 bits per heavy atom. The molecule has 0 N–H and O–H groups in total. The second-order valence-corrected chi connectivity index (χ2v) is 3.05. The van der Waals surface area contributed by atoms with Gasteiger partial charge < -0.3 is 9.47 Å². The quantitative estimate of drug-likeness (QED) is 0.396. The average molecular weight is 210 g/mol. The molecule has 0 aromatic heterocycles. The van der Waals surface area contributed by atoms with Gasteiger partial charge in [-0.25, -0.2) is 4.79 Å². The van der Waals surface area contributed by atoms with Crippen molar-refractivity contribution in [3.05, 3.63) is 36.8 Å². The Balaban J connectivity index is 4.13. The summed E-state index contributed by atoms with van der Waals surface area (Å²) >= 11 is 0. The zero-order valence-electron chi connectivity index (χ0n) is 8.96. The molecule has 0 radical (unpaired) electrons. The molecule has 0 unspecified atom stereocenters. The van der Waals surface area contributed by atoms with Crippen LogP contribution in [-0.2, 0) is 19.1 Å². The normalized spacial score (nSPS) is 8.93. The molecule has 0 rings (SSSR count). The maximum atomic E-state index is 11.2. The number of rotatable bonds is 5. The van der Waals surface area contributed by atoms with Gasteiger partial charge in [0.1, 0.15) is 0 Å². The summed E-state index contributed by atoms with van der Waals surface area (Å²) in [6.45, 7) is 13.3. The Bertz CT molecular complexity index is 325. The summed E-state index contributed by atoms with van der Waals surface area (Å²) < 4.78 is 9.31. The van der Waals surface area contributed by atoms with Gasteiger partial charge in [0.2, 0.25) is 0 Å². The summed E-state index contributed by atoms with van der Waals surface area (Å²) in [5.74, 6) is -0.761. The topological polar surface area (TPSA) is 52.6 Å². The standard InChI is InChI=1S/C11H14O4/c1-7(2)14-10(12)6-9(5)11(13)15-8(3)4/h1,3,5-6H2,2,4H3. The van der Waals surface area contributed by atoms with E-state index in [4.69, 9.17) is 0 Å². The van der Waals surface area contributed by atoms with Crippen LogP contribution < -0.4 is 0 Å². The van der Waals surface area contributed by atoms with Crippen LogP contribution >= 0.6 is 0 Å². The van der Waals surface area contributed by atoms with Crippen molar-refractivity contribution >= 4 is 11.9 Å². The predicted octanol–water partition coefficient (Wildman–Crippen LogP) is 2.09. The van der Waals surface area contributed by atoms with Crippen molar-refractivity contribution in [3.63, 3.8) is 0 Å². The summed E-state index contributed by atoms with van der Waals surface area (Å²) in [6.07, 6.45) is -0.223. The zero-order chi connectivity index (χ0) is 12.0. The molecule has 0 saturated heterocycles. The first kappa shape index (κ1) is 13.2. The Kier molecular flexibility index (Phi) is 5.09. The van der Waals surface area contributed by atoms with Crippen LogP contribution in [0.1, 0.15) is 20.3 Å². The third-order valence-electron chi connectivity index (χ3n) is 1.20. The highest BCUT2D eigenvalue weighted by atomic mass is 16.5. The van der Waals surface area contributed by atoms with Gasteiger partial charge in [-0.2, -0.15) is 0 Å². The molecule has 0 bridgehead atoms. The van der Waals surface area contributed by atoms with Crippen LogP contribution in [0.4, 0.5) is 0 Å². The lowest BCUT2D eigenvalue weighted by atomic mass is 10.2. The molecule has 0 spiro atoms. The van der Waals surface area contributed by atoms with Crippen LogP contribution in [0.15, 0.2) is 36.8 Å². The second kappa shape index (κ2) is 5.80. The molecule has 0 saturated carbocycles. The number of allylic oxidation sites excluding steroid dienone is 2. The fourth-order valence-corrected chi connectivity index (χ4v) is 0.707. The van der Waals surface area contributed by atoms with Gasteiger partial charge in [0.05, 0.1) is 17.9 Å². The molecular formula is C11H14O4. The molecule has 0 aliphatic carbocycles. The summed E-state index contributed by atoms with van der Waals surface area (Å²) in [6, 6.07) is 0. The summed E-state index contributed by atoms with van der Waals surface area (Å²) in [5, 5.41) is 0. The lowest BCUT2D eigenvalue weighted by Crippen LogP contribution is -2.11. The fraction of sp³-hybridized carbons (Fsp3) is 0.273. The van der Waals surface area contributed by atoms with Gasteiger partial charge in [0, 0.05) is 5.57 Å². The monoisotopic (exact) mass is 210 g/mol. The van der Waals surface area contributed by atoms with Crippen LogP contribution in [0.5, 0.6) is 0 Å². The van der Waals surface area contributed by atoms with Crippen molar-refractivity contribution in [1.82, 2.24) is 0 Å². The first-order chi connectivity index (χ1) is 6.82. The SMILES string of the molecule is C=C(C)OC(=O)CC(=C)C(=O)OC(=C)C. The van der Waals surface area contributed by atoms with Crippen LogP contribution in [0, 0.1) is 0 Å². The molecule has 0 atom stereocenters. The van der Waals surface area contributed by atoms with Crippen LogP contribution in [0.25, 0.3) is 0 Å². The minimum atomic E-state index is -0.679. The van der Waals surface area contributed by atoms with E-state index in [1.165, 1.54) is 13.8 Å². The van der Waals surface area contributed by atoms with E-state index in [1.807, 2.05) is 0 Å². The molecule has 0 amide bonds. The van der Waals surface area contributed by atoms with E-state index in [9.17, 15) is 9.59 Å². The van der Waals surface area contributed by atoms with Gasteiger partial charge in [-0.3, -0.25) is 4.79 Å². The zero-order valence-corrected chi connectivity index (χ0v) is 8.96. The van der Waals surface area contributed by atoms with Gasteiger partial charge >= 0.3 is 11.9 Å². The summed E-state index contributed by atoms with van der Waals surface area (Å²) in [4.78, 5) is 22.2. The van der Waals surface area contributed by atoms with E-state index in [0.717, 1.165) is 0 Å². The molecule has 4 nitrogen and oxygen atoms in total. The van der Waals surface area contributed by atoms with E-state index in [-0.39, 0.29) is 23.5 Å². The Hall–Kier alpha value is -1.84. The van der Waals surface area contributed by atoms with Crippen molar-refractivity contribution in [3.8, 4) is 0 Å². The largest absolute Gasteiger partial charge is 0.432 e. The number of esters is 2. The molecule has 0 aromatic carbocycles. The molecule has 4 heteroatoms. The highest BCUT2D eigenvalue weighted by Crippen LogP contribution is 2.07. The molecule has 0 fully saturated rings. The maximum absolute atomic E-state index is 11.2. The van der Waals surface area contributed by atoms with Crippen molar-refractivity contribution in [2.45, 2.75) is 20.3 Å². The van der Waals surface area contributed by atoms with Crippen LogP contribution in [0.2, 0.25) is 0 Å². The third kappa shape index (κ3) is 6.26. The number of hydrogen-bond acceptors (Lipinski definition) is 4. The first-order valence-corrected chi connectivity index (χ1v) is 4.24. The van der Waals surface area contributed by atoms with Gasteiger partial charge in [-0.1, -0.05) is 19.7 Å². The van der Waals surface area contributed by atoms with E-state index < -0.39 is 11.9 Å². The van der Waals surface area contributed by atoms with Crippen molar-refractivity contribution in [2.75, 3.05) is 0 Å². The van der Waals surface area contributed by atoms with Gasteiger partial charge in [0.15, 0.2) is 0 Å². The molecule has 15 heavy (non-hydrogen) atoms. The third-order valence-corrected chi connectivity index (χ3v) is 1.20. The lowest BCUT2D eigenvalue weighted by molar-refractivity contribution is -0.142. The van der Waals surface area contributed by atoms with Crippen molar-refractivity contribution in [1.29, 1.82) is 0 Å². The molecule has 0 aliphatic heterocycles. The lowest BCUT2D eigenvalue weighted by Gasteiger charge is -2.06. The maximum Gasteiger partial charge on any atom is 0.339 e. The molecule has 0 aliphatic rings. The first-order valence-electron chi connectivity index (χ1n) is 4.24. The van der Waals surface area contributed by atoms with Gasteiger partial charge in [-0.15, -0.1) is 0 Å². The minimum absolute atomic E-state index is 0.0178. The number of ether oxygens (including phenoxy) is 2. The summed E-state index contributed by atoms with van der Waals surface area (Å²) in [5.41, 5.74) is 0.0178. The Labute approximate surface area is 88.9 Å². The smallest absolute Gasteiger partial charge is 0.339 e. The molecule has 0 heterocycles. The average Bonchev–Trinajstić information content (AvgIpc) is 2.00. The van der Waals surface area contributed by atoms with E-state index in [1.54, 1.807) is 0 Å². The van der Waals surface area contributed by atoms with Crippen molar-refractivity contribution < 1.29 is 19.1 Å². The van der Waals surface area contributed by atoms with E-state index in [2.05, 4.69) is 29.2 Å². The highest BCUT2D eigenvalue weighted by Gasteiger charge is 2.14. The molecular weight excluding hydrogens is 196 g/mol. The number of carbonyl (C=O) groups is 2. The second-order valence-electron chi connectivity index (χ2n) is 3.05. The predicted molar refractivity (Wildman–Crippen MR) is 55.6 cm³/mol. The van der Waals surface area contributed by atoms with Gasteiger partial charge in [0.25, 0.3) is 0 Å². The molecule has 82 valence electrons. The Morgan fingerprint density at radius 1 is 1.00 bits per heavy atom.